The van der Waals surface area contributed by atoms with Gasteiger partial charge < -0.3 is 5.11 Å². The SMILES string of the molecule is Cc1ccc(C=Cc2nc(-c3ccccc3O)n[nH]2)cc1. The Morgan fingerprint density at radius 1 is 1.00 bits per heavy atom. The van der Waals surface area contributed by atoms with Gasteiger partial charge in [-0.05, 0) is 30.7 Å². The standard InChI is InChI=1S/C17H15N3O/c1-12-6-8-13(9-7-12)10-11-16-18-17(20-19-16)14-4-2-3-5-15(14)21/h2-11,21H,1H3,(H,18,19,20). The molecule has 0 fully saturated rings. The van der Waals surface area contributed by atoms with E-state index in [0.717, 1.165) is 5.56 Å². The summed E-state index contributed by atoms with van der Waals surface area (Å²) >= 11 is 0. The molecule has 3 aromatic rings. The molecule has 104 valence electrons. The lowest BCUT2D eigenvalue weighted by molar-refractivity contribution is 0.477. The van der Waals surface area contributed by atoms with E-state index < -0.39 is 0 Å². The van der Waals surface area contributed by atoms with Crippen molar-refractivity contribution < 1.29 is 5.11 Å². The zero-order chi connectivity index (χ0) is 14.7. The average Bonchev–Trinajstić information content (AvgIpc) is 2.96. The number of nitrogens with one attached hydrogen (secondary N) is 1. The fraction of sp³-hybridized carbons (Fsp3) is 0.0588. The van der Waals surface area contributed by atoms with Gasteiger partial charge in [-0.25, -0.2) is 4.98 Å². The van der Waals surface area contributed by atoms with Crippen LogP contribution in [0.5, 0.6) is 5.75 Å². The molecule has 21 heavy (non-hydrogen) atoms. The zero-order valence-electron chi connectivity index (χ0n) is 11.6. The molecule has 0 saturated heterocycles. The fourth-order valence-corrected chi connectivity index (χ4v) is 1.98. The lowest BCUT2D eigenvalue weighted by Gasteiger charge is -1.97. The Kier molecular flexibility index (Phi) is 3.51. The van der Waals surface area contributed by atoms with E-state index in [1.165, 1.54) is 5.56 Å². The third kappa shape index (κ3) is 3.00. The molecule has 0 atom stereocenters. The molecule has 0 unspecified atom stereocenters. The van der Waals surface area contributed by atoms with Crippen molar-refractivity contribution in [3.63, 3.8) is 0 Å². The number of aromatic hydroxyl groups is 1. The lowest BCUT2D eigenvalue weighted by Crippen LogP contribution is -1.81. The van der Waals surface area contributed by atoms with Gasteiger partial charge in [-0.15, -0.1) is 0 Å². The largest absolute Gasteiger partial charge is 0.507 e. The fourth-order valence-electron chi connectivity index (χ4n) is 1.98. The number of benzene rings is 2. The second-order valence-electron chi connectivity index (χ2n) is 4.81. The van der Waals surface area contributed by atoms with E-state index in [1.54, 1.807) is 18.2 Å². The van der Waals surface area contributed by atoms with Gasteiger partial charge in [-0.1, -0.05) is 48.0 Å². The van der Waals surface area contributed by atoms with Crippen molar-refractivity contribution in [1.29, 1.82) is 0 Å². The number of aromatic nitrogens is 3. The average molecular weight is 277 g/mol. The maximum atomic E-state index is 9.80. The van der Waals surface area contributed by atoms with Gasteiger partial charge in [0, 0.05) is 0 Å². The van der Waals surface area contributed by atoms with E-state index >= 15 is 0 Å². The molecule has 4 nitrogen and oxygen atoms in total. The first-order valence-electron chi connectivity index (χ1n) is 6.68. The molecule has 2 N–H and O–H groups in total. The summed E-state index contributed by atoms with van der Waals surface area (Å²) in [6.07, 6.45) is 3.83. The first kappa shape index (κ1) is 13.1. The van der Waals surface area contributed by atoms with E-state index in [2.05, 4.69) is 34.2 Å². The van der Waals surface area contributed by atoms with Crippen molar-refractivity contribution in [1.82, 2.24) is 15.2 Å². The van der Waals surface area contributed by atoms with Crippen molar-refractivity contribution in [2.45, 2.75) is 6.92 Å². The minimum Gasteiger partial charge on any atom is -0.507 e. The number of rotatable bonds is 3. The van der Waals surface area contributed by atoms with Crippen LogP contribution in [0.4, 0.5) is 0 Å². The Labute approximate surface area is 122 Å². The molecule has 4 heteroatoms. The van der Waals surface area contributed by atoms with E-state index in [4.69, 9.17) is 0 Å². The maximum Gasteiger partial charge on any atom is 0.185 e. The number of H-pyrrole nitrogens is 1. The molecule has 0 amide bonds. The molecule has 0 radical (unpaired) electrons. The number of aryl methyl sites for hydroxylation is 1. The van der Waals surface area contributed by atoms with E-state index in [9.17, 15) is 5.11 Å². The first-order valence-corrected chi connectivity index (χ1v) is 6.68. The van der Waals surface area contributed by atoms with Crippen LogP contribution in [0.25, 0.3) is 23.5 Å². The van der Waals surface area contributed by atoms with Crippen LogP contribution in [0, 0.1) is 6.92 Å². The molecule has 3 rings (SSSR count). The lowest BCUT2D eigenvalue weighted by atomic mass is 10.1. The minimum atomic E-state index is 0.172. The van der Waals surface area contributed by atoms with Crippen molar-refractivity contribution >= 4 is 12.2 Å². The van der Waals surface area contributed by atoms with Crippen LogP contribution >= 0.6 is 0 Å². The van der Waals surface area contributed by atoms with Crippen LogP contribution in [0.3, 0.4) is 0 Å². The van der Waals surface area contributed by atoms with Gasteiger partial charge >= 0.3 is 0 Å². The number of aromatic amines is 1. The molecule has 1 heterocycles. The third-order valence-corrected chi connectivity index (χ3v) is 3.16. The van der Waals surface area contributed by atoms with Gasteiger partial charge in [0.15, 0.2) is 5.82 Å². The Hall–Kier alpha value is -2.88. The summed E-state index contributed by atoms with van der Waals surface area (Å²) in [5.74, 6) is 1.30. The van der Waals surface area contributed by atoms with E-state index in [0.29, 0.717) is 17.2 Å². The Bertz CT molecular complexity index is 773. The van der Waals surface area contributed by atoms with E-state index in [-0.39, 0.29) is 5.75 Å². The topological polar surface area (TPSA) is 61.8 Å². The Balaban J connectivity index is 1.82. The van der Waals surface area contributed by atoms with Gasteiger partial charge in [0.25, 0.3) is 0 Å². The minimum absolute atomic E-state index is 0.172. The Morgan fingerprint density at radius 2 is 1.76 bits per heavy atom. The number of hydrogen-bond donors (Lipinski definition) is 2. The van der Waals surface area contributed by atoms with Crippen LogP contribution in [-0.4, -0.2) is 20.3 Å². The second-order valence-corrected chi connectivity index (χ2v) is 4.81. The predicted octanol–water partition coefficient (Wildman–Crippen LogP) is 3.66. The monoisotopic (exact) mass is 277 g/mol. The molecule has 0 aliphatic carbocycles. The summed E-state index contributed by atoms with van der Waals surface area (Å²) in [7, 11) is 0. The van der Waals surface area contributed by atoms with Gasteiger partial charge in [-0.3, -0.25) is 5.10 Å². The van der Waals surface area contributed by atoms with Crippen molar-refractivity contribution in [3.8, 4) is 17.1 Å². The maximum absolute atomic E-state index is 9.80. The van der Waals surface area contributed by atoms with Gasteiger partial charge in [0.1, 0.15) is 11.6 Å². The third-order valence-electron chi connectivity index (χ3n) is 3.16. The summed E-state index contributed by atoms with van der Waals surface area (Å²) in [6, 6.07) is 15.2. The summed E-state index contributed by atoms with van der Waals surface area (Å²) in [5.41, 5.74) is 2.94. The van der Waals surface area contributed by atoms with Gasteiger partial charge in [-0.2, -0.15) is 5.10 Å². The molecule has 0 aliphatic rings. The van der Waals surface area contributed by atoms with Gasteiger partial charge in [0.2, 0.25) is 0 Å². The highest BCUT2D eigenvalue weighted by molar-refractivity contribution is 5.69. The summed E-state index contributed by atoms with van der Waals surface area (Å²) in [6.45, 7) is 2.06. The number of phenols is 1. The quantitative estimate of drug-likeness (QED) is 0.768. The highest BCUT2D eigenvalue weighted by Crippen LogP contribution is 2.25. The molecular formula is C17H15N3O. The number of phenolic OH excluding ortho intramolecular Hbond substituents is 1. The molecule has 0 bridgehead atoms. The molecule has 1 aromatic heterocycles. The molecule has 0 aliphatic heterocycles. The van der Waals surface area contributed by atoms with Gasteiger partial charge in [0.05, 0.1) is 5.56 Å². The van der Waals surface area contributed by atoms with Crippen molar-refractivity contribution in [3.05, 3.63) is 65.5 Å². The summed E-state index contributed by atoms with van der Waals surface area (Å²) in [4.78, 5) is 4.36. The summed E-state index contributed by atoms with van der Waals surface area (Å²) in [5, 5.41) is 16.8. The molecule has 2 aromatic carbocycles. The number of para-hydroxylation sites is 1. The zero-order valence-corrected chi connectivity index (χ0v) is 11.6. The van der Waals surface area contributed by atoms with E-state index in [1.807, 2.05) is 30.4 Å². The number of nitrogens with zero attached hydrogens (tertiary/aromatic N) is 2. The Morgan fingerprint density at radius 3 is 2.52 bits per heavy atom. The highest BCUT2D eigenvalue weighted by atomic mass is 16.3. The van der Waals surface area contributed by atoms with Crippen LogP contribution < -0.4 is 0 Å². The second kappa shape index (κ2) is 5.63. The summed E-state index contributed by atoms with van der Waals surface area (Å²) < 4.78 is 0. The van der Waals surface area contributed by atoms with Crippen LogP contribution in [0.15, 0.2) is 48.5 Å². The normalized spacial score (nSPS) is 11.1. The van der Waals surface area contributed by atoms with Crippen LogP contribution in [-0.2, 0) is 0 Å². The first-order chi connectivity index (χ1) is 10.2. The smallest absolute Gasteiger partial charge is 0.185 e. The molecule has 0 spiro atoms. The van der Waals surface area contributed by atoms with Crippen molar-refractivity contribution in [2.75, 3.05) is 0 Å². The van der Waals surface area contributed by atoms with Crippen molar-refractivity contribution in [2.24, 2.45) is 0 Å². The highest BCUT2D eigenvalue weighted by Gasteiger charge is 2.08. The molecule has 0 saturated carbocycles. The predicted molar refractivity (Wildman–Crippen MR) is 83.6 cm³/mol. The van der Waals surface area contributed by atoms with Crippen LogP contribution in [0.1, 0.15) is 17.0 Å². The number of hydrogen-bond acceptors (Lipinski definition) is 3. The molecular weight excluding hydrogens is 262 g/mol. The van der Waals surface area contributed by atoms with Crippen LogP contribution in [0.2, 0.25) is 0 Å².